The summed E-state index contributed by atoms with van der Waals surface area (Å²) in [6, 6.07) is 13.7. The lowest BCUT2D eigenvalue weighted by Gasteiger charge is -2.05. The minimum atomic E-state index is -0.142. The van der Waals surface area contributed by atoms with Gasteiger partial charge in [-0.2, -0.15) is 0 Å². The van der Waals surface area contributed by atoms with E-state index in [9.17, 15) is 4.79 Å². The molecule has 2 aromatic heterocycles. The van der Waals surface area contributed by atoms with Crippen LogP contribution in [0.2, 0.25) is 0 Å². The van der Waals surface area contributed by atoms with Crippen LogP contribution in [0.4, 0.5) is 0 Å². The van der Waals surface area contributed by atoms with Gasteiger partial charge in [0.1, 0.15) is 5.76 Å². The smallest absolute Gasteiger partial charge is 0.228 e. The SMILES string of the molecule is O=C(Cc1nnnn1CCc1ccccc1)NCc1ccco1. The van der Waals surface area contributed by atoms with Gasteiger partial charge in [-0.25, -0.2) is 4.68 Å². The monoisotopic (exact) mass is 311 g/mol. The first-order valence-electron chi connectivity index (χ1n) is 7.39. The van der Waals surface area contributed by atoms with Crippen molar-refractivity contribution in [3.05, 3.63) is 65.9 Å². The number of nitrogens with zero attached hydrogens (tertiary/aromatic N) is 4. The van der Waals surface area contributed by atoms with Crippen molar-refractivity contribution in [2.75, 3.05) is 0 Å². The molecule has 0 saturated carbocycles. The molecule has 0 aliphatic carbocycles. The maximum Gasteiger partial charge on any atom is 0.228 e. The lowest BCUT2D eigenvalue weighted by Crippen LogP contribution is -2.26. The van der Waals surface area contributed by atoms with Crippen LogP contribution in [-0.4, -0.2) is 26.1 Å². The van der Waals surface area contributed by atoms with E-state index >= 15 is 0 Å². The minimum absolute atomic E-state index is 0.141. The van der Waals surface area contributed by atoms with Crippen LogP contribution in [0.5, 0.6) is 0 Å². The molecule has 0 aliphatic rings. The van der Waals surface area contributed by atoms with Crippen molar-refractivity contribution in [1.82, 2.24) is 25.5 Å². The summed E-state index contributed by atoms with van der Waals surface area (Å²) in [6.45, 7) is 0.995. The van der Waals surface area contributed by atoms with Crippen LogP contribution in [0.3, 0.4) is 0 Å². The molecule has 0 radical (unpaired) electrons. The number of carbonyl (C=O) groups is 1. The zero-order chi connectivity index (χ0) is 15.9. The largest absolute Gasteiger partial charge is 0.467 e. The highest BCUT2D eigenvalue weighted by Crippen LogP contribution is 2.03. The van der Waals surface area contributed by atoms with E-state index < -0.39 is 0 Å². The first-order valence-corrected chi connectivity index (χ1v) is 7.39. The van der Waals surface area contributed by atoms with E-state index in [0.29, 0.717) is 24.7 Å². The lowest BCUT2D eigenvalue weighted by atomic mass is 10.1. The molecule has 7 nitrogen and oxygen atoms in total. The average Bonchev–Trinajstić information content (AvgIpc) is 3.24. The van der Waals surface area contributed by atoms with Crippen LogP contribution >= 0.6 is 0 Å². The summed E-state index contributed by atoms with van der Waals surface area (Å²) in [7, 11) is 0. The van der Waals surface area contributed by atoms with Crippen molar-refractivity contribution in [3.8, 4) is 0 Å². The van der Waals surface area contributed by atoms with Gasteiger partial charge in [-0.3, -0.25) is 4.79 Å². The van der Waals surface area contributed by atoms with E-state index in [4.69, 9.17) is 4.42 Å². The number of aryl methyl sites for hydroxylation is 2. The average molecular weight is 311 g/mol. The third-order valence-corrected chi connectivity index (χ3v) is 3.42. The second kappa shape index (κ2) is 7.35. The van der Waals surface area contributed by atoms with Crippen LogP contribution in [0, 0.1) is 0 Å². The fraction of sp³-hybridized carbons (Fsp3) is 0.250. The number of nitrogens with one attached hydrogen (secondary N) is 1. The first-order chi connectivity index (χ1) is 11.3. The highest BCUT2D eigenvalue weighted by Gasteiger charge is 2.11. The molecule has 1 N–H and O–H groups in total. The number of carbonyl (C=O) groups excluding carboxylic acids is 1. The number of benzene rings is 1. The number of hydrogen-bond acceptors (Lipinski definition) is 5. The Morgan fingerprint density at radius 1 is 1.17 bits per heavy atom. The number of hydrogen-bond donors (Lipinski definition) is 1. The van der Waals surface area contributed by atoms with E-state index in [1.54, 1.807) is 17.0 Å². The molecule has 1 aromatic carbocycles. The second-order valence-corrected chi connectivity index (χ2v) is 5.09. The molecular weight excluding hydrogens is 294 g/mol. The van der Waals surface area contributed by atoms with Crippen molar-refractivity contribution in [2.24, 2.45) is 0 Å². The Morgan fingerprint density at radius 2 is 2.04 bits per heavy atom. The van der Waals surface area contributed by atoms with Gasteiger partial charge in [-0.1, -0.05) is 30.3 Å². The van der Waals surface area contributed by atoms with Gasteiger partial charge in [-0.15, -0.1) is 5.10 Å². The maximum absolute atomic E-state index is 12.0. The summed E-state index contributed by atoms with van der Waals surface area (Å²) >= 11 is 0. The number of rotatable bonds is 7. The van der Waals surface area contributed by atoms with Crippen molar-refractivity contribution < 1.29 is 9.21 Å². The zero-order valence-corrected chi connectivity index (χ0v) is 12.6. The van der Waals surface area contributed by atoms with Crippen LogP contribution in [-0.2, 0) is 30.7 Å². The van der Waals surface area contributed by atoms with Crippen LogP contribution in [0.15, 0.2) is 53.1 Å². The summed E-state index contributed by atoms with van der Waals surface area (Å²) in [6.07, 6.45) is 2.53. The van der Waals surface area contributed by atoms with Crippen LogP contribution < -0.4 is 5.32 Å². The van der Waals surface area contributed by atoms with Crippen molar-refractivity contribution >= 4 is 5.91 Å². The van der Waals surface area contributed by atoms with Gasteiger partial charge in [0.05, 0.1) is 19.2 Å². The van der Waals surface area contributed by atoms with Gasteiger partial charge in [0.15, 0.2) is 5.82 Å². The molecule has 1 amide bonds. The summed E-state index contributed by atoms with van der Waals surface area (Å²) in [5, 5.41) is 14.3. The Kier molecular flexibility index (Phi) is 4.78. The Hall–Kier alpha value is -2.96. The van der Waals surface area contributed by atoms with Crippen molar-refractivity contribution in [3.63, 3.8) is 0 Å². The number of amides is 1. The summed E-state index contributed by atoms with van der Waals surface area (Å²) in [5.74, 6) is 1.12. The van der Waals surface area contributed by atoms with Crippen molar-refractivity contribution in [2.45, 2.75) is 25.9 Å². The quantitative estimate of drug-likeness (QED) is 0.712. The standard InChI is InChI=1S/C16H17N5O2/c22-16(17-12-14-7-4-10-23-14)11-15-18-19-20-21(15)9-8-13-5-2-1-3-6-13/h1-7,10H,8-9,11-12H2,(H,17,22). The van der Waals surface area contributed by atoms with E-state index in [2.05, 4.69) is 33.0 Å². The Balaban J connectivity index is 1.52. The van der Waals surface area contributed by atoms with Gasteiger partial charge in [0.25, 0.3) is 0 Å². The molecule has 0 unspecified atom stereocenters. The molecule has 0 spiro atoms. The molecule has 23 heavy (non-hydrogen) atoms. The normalized spacial score (nSPS) is 10.6. The molecule has 0 fully saturated rings. The van der Waals surface area contributed by atoms with Crippen LogP contribution in [0.1, 0.15) is 17.1 Å². The fourth-order valence-corrected chi connectivity index (χ4v) is 2.21. The number of furan rings is 1. The van der Waals surface area contributed by atoms with E-state index in [1.165, 1.54) is 5.56 Å². The molecule has 2 heterocycles. The highest BCUT2D eigenvalue weighted by molar-refractivity contribution is 5.77. The molecule has 3 rings (SSSR count). The molecule has 3 aromatic rings. The Labute approximate surface area is 133 Å². The van der Waals surface area contributed by atoms with E-state index in [0.717, 1.165) is 6.42 Å². The van der Waals surface area contributed by atoms with Gasteiger partial charge < -0.3 is 9.73 Å². The van der Waals surface area contributed by atoms with Gasteiger partial charge in [0, 0.05) is 6.54 Å². The van der Waals surface area contributed by atoms with Crippen LogP contribution in [0.25, 0.3) is 0 Å². The number of tetrazole rings is 1. The summed E-state index contributed by atoms with van der Waals surface area (Å²) in [5.41, 5.74) is 1.20. The predicted octanol–water partition coefficient (Wildman–Crippen LogP) is 1.37. The highest BCUT2D eigenvalue weighted by atomic mass is 16.3. The third-order valence-electron chi connectivity index (χ3n) is 3.42. The topological polar surface area (TPSA) is 85.8 Å². The molecule has 118 valence electrons. The molecule has 0 aliphatic heterocycles. The Bertz CT molecular complexity index is 737. The summed E-state index contributed by atoms with van der Waals surface area (Å²) in [4.78, 5) is 12.0. The molecule has 0 atom stereocenters. The lowest BCUT2D eigenvalue weighted by molar-refractivity contribution is -0.120. The van der Waals surface area contributed by atoms with Crippen molar-refractivity contribution in [1.29, 1.82) is 0 Å². The predicted molar refractivity (Wildman–Crippen MR) is 82.2 cm³/mol. The number of aromatic nitrogens is 4. The minimum Gasteiger partial charge on any atom is -0.467 e. The van der Waals surface area contributed by atoms with E-state index in [-0.39, 0.29) is 12.3 Å². The van der Waals surface area contributed by atoms with E-state index in [1.807, 2.05) is 24.3 Å². The Morgan fingerprint density at radius 3 is 2.83 bits per heavy atom. The van der Waals surface area contributed by atoms with Gasteiger partial charge >= 0.3 is 0 Å². The molecule has 0 saturated heterocycles. The second-order valence-electron chi connectivity index (χ2n) is 5.09. The van der Waals surface area contributed by atoms with Gasteiger partial charge in [0.2, 0.25) is 5.91 Å². The maximum atomic E-state index is 12.0. The summed E-state index contributed by atoms with van der Waals surface area (Å²) < 4.78 is 6.84. The molecule has 0 bridgehead atoms. The molecular formula is C16H17N5O2. The van der Waals surface area contributed by atoms with Gasteiger partial charge in [-0.05, 0) is 34.5 Å². The third kappa shape index (κ3) is 4.26. The zero-order valence-electron chi connectivity index (χ0n) is 12.6. The first kappa shape index (κ1) is 15.0. The fourth-order valence-electron chi connectivity index (χ4n) is 2.21. The molecule has 7 heteroatoms.